The van der Waals surface area contributed by atoms with Crippen LogP contribution in [0.1, 0.15) is 45.2 Å². The molecule has 1 amide bonds. The molecule has 1 heterocycles. The zero-order valence-electron chi connectivity index (χ0n) is 12.7. The monoisotopic (exact) mass is 355 g/mol. The molecule has 0 saturated carbocycles. The van der Waals surface area contributed by atoms with E-state index in [2.05, 4.69) is 15.9 Å². The van der Waals surface area contributed by atoms with Gasteiger partial charge in [-0.3, -0.25) is 0 Å². The molecule has 1 aromatic rings. The van der Waals surface area contributed by atoms with Gasteiger partial charge >= 0.3 is 6.09 Å². The molecule has 1 aliphatic heterocycles. The van der Waals surface area contributed by atoms with Crippen LogP contribution in [0.4, 0.5) is 4.79 Å². The zero-order chi connectivity index (χ0) is 15.6. The number of benzene rings is 1. The van der Waals surface area contributed by atoms with Gasteiger partial charge in [-0.15, -0.1) is 0 Å². The van der Waals surface area contributed by atoms with Crippen molar-refractivity contribution in [3.05, 3.63) is 34.3 Å². The summed E-state index contributed by atoms with van der Waals surface area (Å²) in [7, 11) is 0. The predicted octanol–water partition coefficient (Wildman–Crippen LogP) is 3.88. The van der Waals surface area contributed by atoms with E-state index >= 15 is 0 Å². The average Bonchev–Trinajstić information content (AvgIpc) is 2.36. The first kappa shape index (κ1) is 16.3. The van der Waals surface area contributed by atoms with Crippen LogP contribution < -0.4 is 0 Å². The fourth-order valence-corrected chi connectivity index (χ4v) is 3.06. The van der Waals surface area contributed by atoms with E-state index in [9.17, 15) is 9.90 Å². The van der Waals surface area contributed by atoms with Crippen LogP contribution in [0.3, 0.4) is 0 Å². The molecule has 0 aliphatic carbocycles. The van der Waals surface area contributed by atoms with Crippen LogP contribution in [-0.2, 0) is 4.74 Å². The molecule has 4 nitrogen and oxygen atoms in total. The highest BCUT2D eigenvalue weighted by Gasteiger charge is 2.33. The lowest BCUT2D eigenvalue weighted by Crippen LogP contribution is -2.45. The van der Waals surface area contributed by atoms with Crippen LogP contribution in [0.25, 0.3) is 0 Å². The normalized spacial score (nSPS) is 21.1. The first-order valence-corrected chi connectivity index (χ1v) is 8.01. The third kappa shape index (κ3) is 4.45. The molecule has 0 radical (unpaired) electrons. The maximum absolute atomic E-state index is 12.2. The number of ether oxygens (including phenoxy) is 1. The van der Waals surface area contributed by atoms with Gasteiger partial charge in [0.05, 0.1) is 11.6 Å². The molecule has 5 heteroatoms. The molecule has 0 spiro atoms. The average molecular weight is 356 g/mol. The largest absolute Gasteiger partial charge is 0.446 e. The minimum Gasteiger partial charge on any atom is -0.446 e. The highest BCUT2D eigenvalue weighted by atomic mass is 79.9. The van der Waals surface area contributed by atoms with Crippen molar-refractivity contribution in [2.45, 2.75) is 51.4 Å². The number of nitrogens with zero attached hydrogens (tertiary/aromatic N) is 1. The molecular weight excluding hydrogens is 334 g/mol. The second-order valence-corrected chi connectivity index (χ2v) is 7.15. The number of hydrogen-bond donors (Lipinski definition) is 1. The van der Waals surface area contributed by atoms with E-state index in [-0.39, 0.29) is 18.2 Å². The number of carbonyl (C=O) groups is 1. The Balaban J connectivity index is 2.02. The van der Waals surface area contributed by atoms with Gasteiger partial charge in [-0.2, -0.15) is 0 Å². The Morgan fingerprint density at radius 1 is 1.52 bits per heavy atom. The van der Waals surface area contributed by atoms with E-state index in [4.69, 9.17) is 4.74 Å². The number of halogens is 1. The third-order valence-corrected chi connectivity index (χ3v) is 4.21. The molecule has 21 heavy (non-hydrogen) atoms. The number of aliphatic hydroxyl groups is 1. The van der Waals surface area contributed by atoms with Crippen LogP contribution >= 0.6 is 15.9 Å². The number of carbonyl (C=O) groups excluding carboxylic acids is 1. The minimum atomic E-state index is -0.816. The first-order valence-electron chi connectivity index (χ1n) is 7.21. The van der Waals surface area contributed by atoms with Crippen LogP contribution in [0.2, 0.25) is 0 Å². The van der Waals surface area contributed by atoms with Gasteiger partial charge in [-0.25, -0.2) is 4.79 Å². The molecule has 0 aromatic heterocycles. The molecule has 116 valence electrons. The minimum absolute atomic E-state index is 0.0295. The van der Waals surface area contributed by atoms with Crippen molar-refractivity contribution in [3.8, 4) is 0 Å². The molecule has 1 aliphatic rings. The van der Waals surface area contributed by atoms with Gasteiger partial charge in [-0.1, -0.05) is 28.1 Å². The van der Waals surface area contributed by atoms with E-state index in [1.165, 1.54) is 0 Å². The van der Waals surface area contributed by atoms with Gasteiger partial charge in [-0.05, 0) is 38.5 Å². The van der Waals surface area contributed by atoms with Crippen LogP contribution in [0, 0.1) is 0 Å². The van der Waals surface area contributed by atoms with Gasteiger partial charge < -0.3 is 14.7 Å². The highest BCUT2D eigenvalue weighted by Crippen LogP contribution is 2.28. The second-order valence-electron chi connectivity index (χ2n) is 6.24. The molecule has 1 aromatic carbocycles. The van der Waals surface area contributed by atoms with Gasteiger partial charge in [0.1, 0.15) is 6.10 Å². The van der Waals surface area contributed by atoms with Gasteiger partial charge in [0.25, 0.3) is 0 Å². The van der Waals surface area contributed by atoms with Gasteiger partial charge in [0.15, 0.2) is 0 Å². The molecule has 2 rings (SSSR count). The molecule has 2 atom stereocenters. The Kier molecular flexibility index (Phi) is 4.94. The van der Waals surface area contributed by atoms with Crippen LogP contribution in [-0.4, -0.2) is 34.3 Å². The first-order chi connectivity index (χ1) is 9.76. The molecular formula is C16H22BrNO3. The summed E-state index contributed by atoms with van der Waals surface area (Å²) >= 11 is 3.45. The van der Waals surface area contributed by atoms with Gasteiger partial charge in [0, 0.05) is 23.9 Å². The third-order valence-electron chi connectivity index (χ3n) is 3.72. The highest BCUT2D eigenvalue weighted by molar-refractivity contribution is 9.10. The quantitative estimate of drug-likeness (QED) is 0.891. The van der Waals surface area contributed by atoms with Crippen molar-refractivity contribution >= 4 is 22.0 Å². The fourth-order valence-electron chi connectivity index (χ4n) is 2.64. The summed E-state index contributed by atoms with van der Waals surface area (Å²) in [4.78, 5) is 13.9. The Morgan fingerprint density at radius 3 is 2.81 bits per heavy atom. The van der Waals surface area contributed by atoms with E-state index in [1.807, 2.05) is 31.2 Å². The Labute approximate surface area is 134 Å². The summed E-state index contributed by atoms with van der Waals surface area (Å²) in [6.07, 6.45) is 0.706. The second kappa shape index (κ2) is 6.36. The van der Waals surface area contributed by atoms with Crippen molar-refractivity contribution in [2.24, 2.45) is 0 Å². The van der Waals surface area contributed by atoms with Crippen molar-refractivity contribution in [2.75, 3.05) is 6.54 Å². The fraction of sp³-hybridized carbons (Fsp3) is 0.562. The number of cyclic esters (lactones) is 1. The Bertz CT molecular complexity index is 512. The summed E-state index contributed by atoms with van der Waals surface area (Å²) in [5.41, 5.74) is 0.255. The van der Waals surface area contributed by atoms with Crippen LogP contribution in [0.15, 0.2) is 28.7 Å². The van der Waals surface area contributed by atoms with Crippen molar-refractivity contribution in [3.63, 3.8) is 0 Å². The van der Waals surface area contributed by atoms with E-state index in [0.717, 1.165) is 16.5 Å². The van der Waals surface area contributed by atoms with Crippen molar-refractivity contribution in [1.82, 2.24) is 4.90 Å². The lowest BCUT2D eigenvalue weighted by molar-refractivity contribution is -0.0309. The van der Waals surface area contributed by atoms with Crippen molar-refractivity contribution in [1.29, 1.82) is 0 Å². The smallest absolute Gasteiger partial charge is 0.410 e. The number of amides is 1. The molecule has 1 saturated heterocycles. The zero-order valence-corrected chi connectivity index (χ0v) is 14.3. The van der Waals surface area contributed by atoms with E-state index < -0.39 is 5.60 Å². The lowest BCUT2D eigenvalue weighted by atomic mass is 9.97. The maximum Gasteiger partial charge on any atom is 0.410 e. The summed E-state index contributed by atoms with van der Waals surface area (Å²) in [5, 5.41) is 9.83. The summed E-state index contributed by atoms with van der Waals surface area (Å²) < 4.78 is 6.46. The molecule has 2 unspecified atom stereocenters. The summed E-state index contributed by atoms with van der Waals surface area (Å²) in [5.74, 6) is 0. The predicted molar refractivity (Wildman–Crippen MR) is 85.1 cm³/mol. The van der Waals surface area contributed by atoms with Crippen molar-refractivity contribution < 1.29 is 14.6 Å². The standard InChI is InChI=1S/C16H22BrNO3/c1-11(12-5-4-6-13(17)9-12)18-8-7-14(21-15(18)19)10-16(2,3)20/h4-6,9,11,14,20H,7-8,10H2,1-3H3. The summed E-state index contributed by atoms with van der Waals surface area (Å²) in [6, 6.07) is 7.91. The number of rotatable bonds is 4. The maximum atomic E-state index is 12.2. The van der Waals surface area contributed by atoms with Crippen LogP contribution in [0.5, 0.6) is 0 Å². The molecule has 1 fully saturated rings. The Morgan fingerprint density at radius 2 is 2.24 bits per heavy atom. The van der Waals surface area contributed by atoms with E-state index in [1.54, 1.807) is 18.7 Å². The molecule has 1 N–H and O–H groups in total. The van der Waals surface area contributed by atoms with Gasteiger partial charge in [0.2, 0.25) is 0 Å². The lowest BCUT2D eigenvalue weighted by Gasteiger charge is -2.37. The summed E-state index contributed by atoms with van der Waals surface area (Å²) in [6.45, 7) is 6.11. The SMILES string of the molecule is CC(c1cccc(Br)c1)N1CCC(CC(C)(C)O)OC1=O. The number of hydrogen-bond acceptors (Lipinski definition) is 3. The van der Waals surface area contributed by atoms with E-state index in [0.29, 0.717) is 13.0 Å². The Hall–Kier alpha value is -1.07. The molecule has 0 bridgehead atoms. The topological polar surface area (TPSA) is 49.8 Å².